The van der Waals surface area contributed by atoms with E-state index in [4.69, 9.17) is 0 Å². The summed E-state index contributed by atoms with van der Waals surface area (Å²) in [5.41, 5.74) is 1.52. The number of benzene rings is 1. The molecule has 1 aromatic carbocycles. The molecule has 1 aliphatic carbocycles. The van der Waals surface area contributed by atoms with Crippen molar-refractivity contribution >= 4 is 32.5 Å². The lowest BCUT2D eigenvalue weighted by molar-refractivity contribution is 0.126. The van der Waals surface area contributed by atoms with E-state index in [1.807, 2.05) is 4.68 Å². The third kappa shape index (κ3) is 5.02. The number of likely N-dealkylation sites (tertiary alicyclic amines) is 1. The highest BCUT2D eigenvalue weighted by Crippen LogP contribution is 2.31. The van der Waals surface area contributed by atoms with E-state index in [0.717, 1.165) is 55.6 Å². The topological polar surface area (TPSA) is 113 Å². The van der Waals surface area contributed by atoms with Gasteiger partial charge in [-0.15, -0.1) is 0 Å². The SMILES string of the molecule is CS(=O)(=O)c1ccc(Nc2ncc3cnn(CC4CCC(N5CC[C@@H](O)C5)CC4)c3n2)cc1. The van der Waals surface area contributed by atoms with Crippen molar-refractivity contribution in [3.05, 3.63) is 36.7 Å². The molecule has 3 aromatic rings. The van der Waals surface area contributed by atoms with Crippen molar-refractivity contribution in [2.75, 3.05) is 24.7 Å². The van der Waals surface area contributed by atoms with Crippen LogP contribution in [0.4, 0.5) is 11.6 Å². The molecule has 0 spiro atoms. The van der Waals surface area contributed by atoms with Crippen LogP contribution in [0.5, 0.6) is 0 Å². The van der Waals surface area contributed by atoms with E-state index in [1.165, 1.54) is 19.1 Å². The average molecular weight is 471 g/mol. The van der Waals surface area contributed by atoms with Crippen molar-refractivity contribution in [1.29, 1.82) is 0 Å². The van der Waals surface area contributed by atoms with Gasteiger partial charge in [-0.2, -0.15) is 10.1 Å². The smallest absolute Gasteiger partial charge is 0.229 e. The number of aliphatic hydroxyl groups is 1. The molecule has 1 saturated carbocycles. The van der Waals surface area contributed by atoms with Gasteiger partial charge in [0, 0.05) is 43.8 Å². The van der Waals surface area contributed by atoms with Gasteiger partial charge in [0.2, 0.25) is 5.95 Å². The maximum absolute atomic E-state index is 11.7. The van der Waals surface area contributed by atoms with Crippen LogP contribution in [-0.2, 0) is 16.4 Å². The summed E-state index contributed by atoms with van der Waals surface area (Å²) in [6.07, 6.45) is 10.1. The molecule has 1 atom stereocenters. The van der Waals surface area contributed by atoms with Crippen LogP contribution >= 0.6 is 0 Å². The van der Waals surface area contributed by atoms with E-state index >= 15 is 0 Å². The lowest BCUT2D eigenvalue weighted by atomic mass is 9.85. The van der Waals surface area contributed by atoms with Gasteiger partial charge in [-0.3, -0.25) is 4.90 Å². The first kappa shape index (κ1) is 22.2. The van der Waals surface area contributed by atoms with Crippen LogP contribution < -0.4 is 5.32 Å². The first-order chi connectivity index (χ1) is 15.8. The van der Waals surface area contributed by atoms with Crippen molar-refractivity contribution < 1.29 is 13.5 Å². The zero-order valence-corrected chi connectivity index (χ0v) is 19.6. The standard InChI is InChI=1S/C23H30N6O3S/c1-33(31,32)21-8-4-18(5-9-21)26-23-24-12-17-13-25-29(22(17)27-23)14-16-2-6-19(7-3-16)28-11-10-20(30)15-28/h4-5,8-9,12-13,16,19-20,30H,2-3,6-7,10-11,14-15H2,1H3,(H,24,26,27)/t16?,19?,20-/m1/s1. The first-order valence-corrected chi connectivity index (χ1v) is 13.4. The van der Waals surface area contributed by atoms with Crippen LogP contribution in [0.3, 0.4) is 0 Å². The monoisotopic (exact) mass is 470 g/mol. The Kier molecular flexibility index (Phi) is 6.07. The van der Waals surface area contributed by atoms with E-state index < -0.39 is 9.84 Å². The number of β-amino-alcohol motifs (C(OH)–C–C–N with tert-alkyl or cyclic N) is 1. The number of hydrogen-bond donors (Lipinski definition) is 2. The highest BCUT2D eigenvalue weighted by molar-refractivity contribution is 7.90. The molecule has 5 rings (SSSR count). The summed E-state index contributed by atoms with van der Waals surface area (Å²) in [5.74, 6) is 1.01. The number of nitrogens with one attached hydrogen (secondary N) is 1. The van der Waals surface area contributed by atoms with Crippen molar-refractivity contribution in [1.82, 2.24) is 24.6 Å². The Hall–Kier alpha value is -2.56. The summed E-state index contributed by atoms with van der Waals surface area (Å²) in [6, 6.07) is 7.15. The van der Waals surface area contributed by atoms with Crippen molar-refractivity contribution in [2.45, 2.75) is 55.7 Å². The summed E-state index contributed by atoms with van der Waals surface area (Å²) >= 11 is 0. The first-order valence-electron chi connectivity index (χ1n) is 11.5. The van der Waals surface area contributed by atoms with Gasteiger partial charge in [0.15, 0.2) is 15.5 Å². The molecule has 2 fully saturated rings. The van der Waals surface area contributed by atoms with Gasteiger partial charge in [-0.1, -0.05) is 0 Å². The van der Waals surface area contributed by atoms with Gasteiger partial charge >= 0.3 is 0 Å². The number of rotatable bonds is 6. The molecule has 176 valence electrons. The minimum Gasteiger partial charge on any atom is -0.392 e. The summed E-state index contributed by atoms with van der Waals surface area (Å²) in [5, 5.41) is 18.4. The van der Waals surface area contributed by atoms with Crippen LogP contribution in [0, 0.1) is 5.92 Å². The molecule has 0 radical (unpaired) electrons. The number of aromatic nitrogens is 4. The quantitative estimate of drug-likeness (QED) is 0.565. The van der Waals surface area contributed by atoms with Crippen LogP contribution in [0.25, 0.3) is 11.0 Å². The highest BCUT2D eigenvalue weighted by Gasteiger charge is 2.30. The number of hydrogen-bond acceptors (Lipinski definition) is 8. The molecular formula is C23H30N6O3S. The molecule has 0 unspecified atom stereocenters. The van der Waals surface area contributed by atoms with Gasteiger partial charge in [-0.25, -0.2) is 18.1 Å². The maximum Gasteiger partial charge on any atom is 0.229 e. The van der Waals surface area contributed by atoms with Crippen LogP contribution in [-0.4, -0.2) is 69.7 Å². The van der Waals surface area contributed by atoms with E-state index in [9.17, 15) is 13.5 Å². The van der Waals surface area contributed by atoms with E-state index in [2.05, 4.69) is 25.3 Å². The normalized spacial score (nSPS) is 24.4. The highest BCUT2D eigenvalue weighted by atomic mass is 32.2. The van der Waals surface area contributed by atoms with Gasteiger partial charge in [0.25, 0.3) is 0 Å². The minimum atomic E-state index is -3.23. The molecule has 2 aromatic heterocycles. The fraction of sp³-hybridized carbons (Fsp3) is 0.522. The molecule has 0 bridgehead atoms. The molecule has 1 aliphatic heterocycles. The molecule has 1 saturated heterocycles. The molecule has 9 nitrogen and oxygen atoms in total. The Morgan fingerprint density at radius 3 is 2.52 bits per heavy atom. The Labute approximate surface area is 193 Å². The molecule has 33 heavy (non-hydrogen) atoms. The third-order valence-electron chi connectivity index (χ3n) is 6.87. The predicted octanol–water partition coefficient (Wildman–Crippen LogP) is 2.60. The third-order valence-corrected chi connectivity index (χ3v) is 8.00. The molecule has 0 amide bonds. The zero-order valence-electron chi connectivity index (χ0n) is 18.8. The second kappa shape index (κ2) is 9.00. The number of nitrogens with zero attached hydrogens (tertiary/aromatic N) is 5. The van der Waals surface area contributed by atoms with Gasteiger partial charge < -0.3 is 10.4 Å². The minimum absolute atomic E-state index is 0.154. The molecule has 3 heterocycles. The largest absolute Gasteiger partial charge is 0.392 e. The Morgan fingerprint density at radius 1 is 1.09 bits per heavy atom. The average Bonchev–Trinajstić information content (AvgIpc) is 3.40. The van der Waals surface area contributed by atoms with Gasteiger partial charge in [-0.05, 0) is 62.3 Å². The molecular weight excluding hydrogens is 440 g/mol. The molecule has 2 aliphatic rings. The second-order valence-corrected chi connectivity index (χ2v) is 11.3. The van der Waals surface area contributed by atoms with Crippen LogP contribution in [0.2, 0.25) is 0 Å². The van der Waals surface area contributed by atoms with E-state index in [-0.39, 0.29) is 11.0 Å². The fourth-order valence-electron chi connectivity index (χ4n) is 5.01. The molecule has 10 heteroatoms. The fourth-order valence-corrected chi connectivity index (χ4v) is 5.64. The lowest BCUT2D eigenvalue weighted by Gasteiger charge is -2.34. The molecule has 2 N–H and O–H groups in total. The Morgan fingerprint density at radius 2 is 1.85 bits per heavy atom. The number of anilines is 2. The van der Waals surface area contributed by atoms with Crippen molar-refractivity contribution in [3.8, 4) is 0 Å². The van der Waals surface area contributed by atoms with E-state index in [1.54, 1.807) is 36.7 Å². The number of fused-ring (bicyclic) bond motifs is 1. The van der Waals surface area contributed by atoms with Gasteiger partial charge in [0.05, 0.1) is 22.6 Å². The number of aliphatic hydroxyl groups excluding tert-OH is 1. The van der Waals surface area contributed by atoms with Crippen LogP contribution in [0.15, 0.2) is 41.6 Å². The van der Waals surface area contributed by atoms with Gasteiger partial charge in [0.1, 0.15) is 0 Å². The second-order valence-electron chi connectivity index (χ2n) is 9.33. The zero-order chi connectivity index (χ0) is 23.0. The lowest BCUT2D eigenvalue weighted by Crippen LogP contribution is -2.37. The summed E-state index contributed by atoms with van der Waals surface area (Å²) in [4.78, 5) is 11.8. The Balaban J connectivity index is 1.24. The number of sulfone groups is 1. The predicted molar refractivity (Wildman–Crippen MR) is 126 cm³/mol. The summed E-state index contributed by atoms with van der Waals surface area (Å²) < 4.78 is 25.3. The van der Waals surface area contributed by atoms with E-state index in [0.29, 0.717) is 17.9 Å². The van der Waals surface area contributed by atoms with Crippen molar-refractivity contribution in [2.24, 2.45) is 5.92 Å². The summed E-state index contributed by atoms with van der Waals surface area (Å²) in [7, 11) is -3.23. The Bertz CT molecular complexity index is 1220. The maximum atomic E-state index is 11.7. The summed E-state index contributed by atoms with van der Waals surface area (Å²) in [6.45, 7) is 2.67. The van der Waals surface area contributed by atoms with Crippen molar-refractivity contribution in [3.63, 3.8) is 0 Å². The van der Waals surface area contributed by atoms with Crippen LogP contribution in [0.1, 0.15) is 32.1 Å².